The fraction of sp³-hybridized carbons (Fsp3) is 0.667. The first-order chi connectivity index (χ1) is 5.45. The summed E-state index contributed by atoms with van der Waals surface area (Å²) in [7, 11) is 0. The smallest absolute Gasteiger partial charge is 0.334 e. The molecular weight excluding hydrogens is 166 g/mol. The number of hydrogen-bond acceptors (Lipinski definition) is 5. The minimum Gasteiger partial charge on any atom is -0.480 e. The molecule has 70 valence electrons. The van der Waals surface area contributed by atoms with Gasteiger partial charge in [0.25, 0.3) is 0 Å². The molecule has 2 atom stereocenters. The molecule has 0 aliphatic carbocycles. The third-order valence-corrected chi connectivity index (χ3v) is 1.06. The Hall–Kier alpha value is -1.14. The average Bonchev–Trinajstić information content (AvgIpc) is 1.98. The standard InChI is InChI=1S/C6H11NO5/c1-3(8)6(11)12-2-4(7)5(9)10/h3-4,8H,2,7H2,1H3,(H,9,10)/t3?,4-/m0/s1. The van der Waals surface area contributed by atoms with E-state index >= 15 is 0 Å². The van der Waals surface area contributed by atoms with Gasteiger partial charge in [0.05, 0.1) is 0 Å². The number of carbonyl (C=O) groups excluding carboxylic acids is 1. The highest BCUT2D eigenvalue weighted by atomic mass is 16.5. The second-order valence-corrected chi connectivity index (χ2v) is 2.25. The molecular formula is C6H11NO5. The van der Waals surface area contributed by atoms with Crippen molar-refractivity contribution in [3.63, 3.8) is 0 Å². The Morgan fingerprint density at radius 1 is 1.58 bits per heavy atom. The van der Waals surface area contributed by atoms with Crippen molar-refractivity contribution >= 4 is 11.9 Å². The van der Waals surface area contributed by atoms with Crippen LogP contribution < -0.4 is 5.73 Å². The fourth-order valence-electron chi connectivity index (χ4n) is 0.364. The maximum absolute atomic E-state index is 10.5. The monoisotopic (exact) mass is 177 g/mol. The highest BCUT2D eigenvalue weighted by Gasteiger charge is 2.16. The third kappa shape index (κ3) is 3.89. The van der Waals surface area contributed by atoms with Crippen LogP contribution in [0.5, 0.6) is 0 Å². The second-order valence-electron chi connectivity index (χ2n) is 2.25. The van der Waals surface area contributed by atoms with Crippen molar-refractivity contribution in [2.45, 2.75) is 19.1 Å². The lowest BCUT2D eigenvalue weighted by molar-refractivity contribution is -0.155. The molecule has 0 saturated heterocycles. The van der Waals surface area contributed by atoms with E-state index in [1.807, 2.05) is 0 Å². The van der Waals surface area contributed by atoms with E-state index in [9.17, 15) is 9.59 Å². The number of aliphatic carboxylic acids is 1. The molecule has 4 N–H and O–H groups in total. The van der Waals surface area contributed by atoms with Crippen LogP contribution in [0.15, 0.2) is 0 Å². The Labute approximate surface area is 68.9 Å². The number of ether oxygens (including phenoxy) is 1. The van der Waals surface area contributed by atoms with Gasteiger partial charge in [-0.3, -0.25) is 4.79 Å². The predicted octanol–water partition coefficient (Wildman–Crippen LogP) is -1.68. The Bertz CT molecular complexity index is 179. The van der Waals surface area contributed by atoms with Gasteiger partial charge in [0.1, 0.15) is 18.8 Å². The molecule has 6 nitrogen and oxygen atoms in total. The molecule has 12 heavy (non-hydrogen) atoms. The van der Waals surface area contributed by atoms with Crippen molar-refractivity contribution in [2.75, 3.05) is 6.61 Å². The zero-order valence-electron chi connectivity index (χ0n) is 6.56. The summed E-state index contributed by atoms with van der Waals surface area (Å²) < 4.78 is 4.33. The van der Waals surface area contributed by atoms with E-state index in [1.54, 1.807) is 0 Å². The number of carbonyl (C=O) groups is 2. The molecule has 0 amide bonds. The van der Waals surface area contributed by atoms with Gasteiger partial charge in [-0.2, -0.15) is 0 Å². The zero-order valence-corrected chi connectivity index (χ0v) is 6.56. The van der Waals surface area contributed by atoms with Crippen LogP contribution in [0.1, 0.15) is 6.92 Å². The van der Waals surface area contributed by atoms with Gasteiger partial charge < -0.3 is 20.7 Å². The van der Waals surface area contributed by atoms with Gasteiger partial charge in [-0.05, 0) is 6.92 Å². The van der Waals surface area contributed by atoms with Crippen molar-refractivity contribution in [3.05, 3.63) is 0 Å². The Morgan fingerprint density at radius 3 is 2.42 bits per heavy atom. The van der Waals surface area contributed by atoms with Crippen LogP contribution in [0.4, 0.5) is 0 Å². The third-order valence-electron chi connectivity index (χ3n) is 1.06. The van der Waals surface area contributed by atoms with E-state index in [4.69, 9.17) is 15.9 Å². The van der Waals surface area contributed by atoms with Crippen molar-refractivity contribution < 1.29 is 24.5 Å². The van der Waals surface area contributed by atoms with Gasteiger partial charge >= 0.3 is 11.9 Å². The molecule has 0 aromatic rings. The van der Waals surface area contributed by atoms with Gasteiger partial charge in [-0.1, -0.05) is 0 Å². The van der Waals surface area contributed by atoms with E-state index in [-0.39, 0.29) is 0 Å². The van der Waals surface area contributed by atoms with Crippen molar-refractivity contribution in [2.24, 2.45) is 5.73 Å². The molecule has 0 heterocycles. The predicted molar refractivity (Wildman–Crippen MR) is 38.3 cm³/mol. The van der Waals surface area contributed by atoms with Crippen LogP contribution in [-0.4, -0.2) is 40.9 Å². The summed E-state index contributed by atoms with van der Waals surface area (Å²) in [6, 6.07) is -1.24. The van der Waals surface area contributed by atoms with Crippen molar-refractivity contribution in [1.82, 2.24) is 0 Å². The highest BCUT2D eigenvalue weighted by molar-refractivity contribution is 5.76. The number of aliphatic hydroxyl groups is 1. The van der Waals surface area contributed by atoms with E-state index in [1.165, 1.54) is 6.92 Å². The Kier molecular flexibility index (Phi) is 4.24. The quantitative estimate of drug-likeness (QED) is 0.442. The first-order valence-corrected chi connectivity index (χ1v) is 3.28. The molecule has 0 saturated carbocycles. The maximum Gasteiger partial charge on any atom is 0.334 e. The molecule has 0 aromatic carbocycles. The van der Waals surface area contributed by atoms with Crippen LogP contribution in [0.3, 0.4) is 0 Å². The Balaban J connectivity index is 3.69. The minimum atomic E-state index is -1.26. The van der Waals surface area contributed by atoms with Gasteiger partial charge in [0, 0.05) is 0 Å². The summed E-state index contributed by atoms with van der Waals surface area (Å²) in [6.45, 7) is 0.785. The summed E-state index contributed by atoms with van der Waals surface area (Å²) in [4.78, 5) is 20.7. The van der Waals surface area contributed by atoms with Crippen LogP contribution in [0, 0.1) is 0 Å². The average molecular weight is 177 g/mol. The van der Waals surface area contributed by atoms with Gasteiger partial charge in [-0.25, -0.2) is 4.79 Å². The topological polar surface area (TPSA) is 110 Å². The summed E-state index contributed by atoms with van der Waals surface area (Å²) in [6.07, 6.45) is -1.26. The van der Waals surface area contributed by atoms with E-state index in [2.05, 4.69) is 4.74 Å². The normalized spacial score (nSPS) is 14.9. The molecule has 0 bridgehead atoms. The number of hydrogen-bond donors (Lipinski definition) is 3. The molecule has 6 heteroatoms. The SMILES string of the molecule is CC(O)C(=O)OC[C@H](N)C(=O)O. The minimum absolute atomic E-state index is 0.431. The lowest BCUT2D eigenvalue weighted by atomic mass is 10.3. The summed E-state index contributed by atoms with van der Waals surface area (Å²) in [5.74, 6) is -2.14. The number of nitrogens with two attached hydrogens (primary N) is 1. The second kappa shape index (κ2) is 4.68. The number of esters is 1. The number of aliphatic hydroxyl groups excluding tert-OH is 1. The molecule has 0 radical (unpaired) electrons. The fourth-order valence-corrected chi connectivity index (χ4v) is 0.364. The Morgan fingerprint density at radius 2 is 2.08 bits per heavy atom. The summed E-state index contributed by atoms with van der Waals surface area (Å²) >= 11 is 0. The number of rotatable bonds is 4. The maximum atomic E-state index is 10.5. The number of carboxylic acid groups (broad SMARTS) is 1. The van der Waals surface area contributed by atoms with Gasteiger partial charge in [0.15, 0.2) is 0 Å². The van der Waals surface area contributed by atoms with Crippen LogP contribution >= 0.6 is 0 Å². The molecule has 0 aromatic heterocycles. The van der Waals surface area contributed by atoms with Crippen LogP contribution in [0.2, 0.25) is 0 Å². The van der Waals surface area contributed by atoms with E-state index in [0.29, 0.717) is 0 Å². The first kappa shape index (κ1) is 10.9. The zero-order chi connectivity index (χ0) is 9.72. The summed E-state index contributed by atoms with van der Waals surface area (Å²) in [5, 5.41) is 16.9. The molecule has 0 fully saturated rings. The molecule has 0 rings (SSSR count). The van der Waals surface area contributed by atoms with E-state index < -0.39 is 30.7 Å². The van der Waals surface area contributed by atoms with Crippen molar-refractivity contribution in [1.29, 1.82) is 0 Å². The van der Waals surface area contributed by atoms with E-state index in [0.717, 1.165) is 0 Å². The number of carboxylic acids is 1. The molecule has 0 spiro atoms. The lowest BCUT2D eigenvalue weighted by Crippen LogP contribution is -2.37. The summed E-state index contributed by atoms with van der Waals surface area (Å²) in [5.41, 5.74) is 5.01. The first-order valence-electron chi connectivity index (χ1n) is 3.28. The molecule has 0 aliphatic rings. The van der Waals surface area contributed by atoms with Gasteiger partial charge in [-0.15, -0.1) is 0 Å². The van der Waals surface area contributed by atoms with Gasteiger partial charge in [0.2, 0.25) is 0 Å². The highest BCUT2D eigenvalue weighted by Crippen LogP contribution is 1.88. The van der Waals surface area contributed by atoms with Crippen LogP contribution in [0.25, 0.3) is 0 Å². The van der Waals surface area contributed by atoms with Crippen LogP contribution in [-0.2, 0) is 14.3 Å². The van der Waals surface area contributed by atoms with Crippen molar-refractivity contribution in [3.8, 4) is 0 Å². The molecule has 0 aliphatic heterocycles. The largest absolute Gasteiger partial charge is 0.480 e. The molecule has 1 unspecified atom stereocenters. The lowest BCUT2D eigenvalue weighted by Gasteiger charge is -2.08.